The molecule has 1 N–H and O–H groups in total. The molecule has 13 heavy (non-hydrogen) atoms. The van der Waals surface area contributed by atoms with E-state index in [-0.39, 0.29) is 0 Å². The maximum atomic E-state index is 5.08. The van der Waals surface area contributed by atoms with Gasteiger partial charge in [0.05, 0.1) is 6.61 Å². The first-order valence-electron chi connectivity index (χ1n) is 4.62. The third kappa shape index (κ3) is 5.80. The number of nitrogens with zero attached hydrogens (tertiary/aromatic N) is 1. The topological polar surface area (TPSA) is 24.5 Å². The van der Waals surface area contributed by atoms with Crippen LogP contribution in [-0.4, -0.2) is 51.8 Å². The molecule has 0 bridgehead atoms. The molecule has 0 aliphatic heterocycles. The van der Waals surface area contributed by atoms with Crippen LogP contribution >= 0.6 is 0 Å². The summed E-state index contributed by atoms with van der Waals surface area (Å²) in [4.78, 5) is 2.24. The highest BCUT2D eigenvalue weighted by molar-refractivity contribution is 4.99. The van der Waals surface area contributed by atoms with Gasteiger partial charge in [-0.15, -0.1) is 0 Å². The second kappa shape index (κ2) is 7.06. The Morgan fingerprint density at radius 1 is 1.62 bits per heavy atom. The minimum Gasteiger partial charge on any atom is -0.383 e. The van der Waals surface area contributed by atoms with Crippen molar-refractivity contribution < 1.29 is 4.74 Å². The molecule has 0 aliphatic rings. The third-order valence-corrected chi connectivity index (χ3v) is 2.06. The first-order chi connectivity index (χ1) is 6.11. The molecule has 3 heteroatoms. The van der Waals surface area contributed by atoms with E-state index in [1.165, 1.54) is 5.57 Å². The fraction of sp³-hybridized carbons (Fsp3) is 0.800. The van der Waals surface area contributed by atoms with Gasteiger partial charge in [0.1, 0.15) is 0 Å². The molecule has 78 valence electrons. The Morgan fingerprint density at radius 2 is 2.23 bits per heavy atom. The first-order valence-corrected chi connectivity index (χ1v) is 4.62. The lowest BCUT2D eigenvalue weighted by Crippen LogP contribution is -2.35. The van der Waals surface area contributed by atoms with Crippen molar-refractivity contribution in [1.29, 1.82) is 0 Å². The van der Waals surface area contributed by atoms with E-state index in [1.54, 1.807) is 7.11 Å². The number of ether oxygens (including phenoxy) is 1. The Hall–Kier alpha value is -0.380. The summed E-state index contributed by atoms with van der Waals surface area (Å²) in [6, 6.07) is 0.443. The molecule has 0 rings (SSSR count). The summed E-state index contributed by atoms with van der Waals surface area (Å²) >= 11 is 0. The Kier molecular flexibility index (Phi) is 6.86. The van der Waals surface area contributed by atoms with E-state index in [1.807, 2.05) is 7.05 Å². The van der Waals surface area contributed by atoms with Crippen molar-refractivity contribution in [2.45, 2.75) is 13.0 Å². The lowest BCUT2D eigenvalue weighted by Gasteiger charge is -2.24. The van der Waals surface area contributed by atoms with Crippen LogP contribution in [0.2, 0.25) is 0 Å². The molecule has 0 radical (unpaired) electrons. The second-order valence-electron chi connectivity index (χ2n) is 3.50. The largest absolute Gasteiger partial charge is 0.383 e. The van der Waals surface area contributed by atoms with Crippen molar-refractivity contribution in [1.82, 2.24) is 10.2 Å². The molecule has 1 unspecified atom stereocenters. The van der Waals surface area contributed by atoms with Crippen LogP contribution in [0.3, 0.4) is 0 Å². The maximum Gasteiger partial charge on any atom is 0.0615 e. The maximum absolute atomic E-state index is 5.08. The number of methoxy groups -OCH3 is 1. The van der Waals surface area contributed by atoms with Gasteiger partial charge < -0.3 is 10.1 Å². The Labute approximate surface area is 81.8 Å². The number of likely N-dealkylation sites (N-methyl/N-ethyl adjacent to an activating group) is 2. The lowest BCUT2D eigenvalue weighted by atomic mass is 10.2. The van der Waals surface area contributed by atoms with Crippen LogP contribution in [0.25, 0.3) is 0 Å². The Morgan fingerprint density at radius 3 is 2.69 bits per heavy atom. The summed E-state index contributed by atoms with van der Waals surface area (Å²) in [5, 5.41) is 3.09. The zero-order chi connectivity index (χ0) is 10.3. The second-order valence-corrected chi connectivity index (χ2v) is 3.50. The summed E-state index contributed by atoms with van der Waals surface area (Å²) < 4.78 is 5.08. The third-order valence-electron chi connectivity index (χ3n) is 2.06. The van der Waals surface area contributed by atoms with Crippen LogP contribution in [0.1, 0.15) is 6.92 Å². The molecule has 0 aromatic rings. The predicted molar refractivity (Wildman–Crippen MR) is 57.0 cm³/mol. The molecule has 0 amide bonds. The van der Waals surface area contributed by atoms with E-state index in [2.05, 4.69) is 30.8 Å². The molecule has 0 aliphatic carbocycles. The van der Waals surface area contributed by atoms with Gasteiger partial charge in [0.2, 0.25) is 0 Å². The van der Waals surface area contributed by atoms with Gasteiger partial charge >= 0.3 is 0 Å². The van der Waals surface area contributed by atoms with E-state index in [0.29, 0.717) is 6.04 Å². The molecular weight excluding hydrogens is 164 g/mol. The van der Waals surface area contributed by atoms with Crippen molar-refractivity contribution in [2.75, 3.05) is 40.9 Å². The number of hydrogen-bond acceptors (Lipinski definition) is 3. The number of rotatable bonds is 7. The Balaban J connectivity index is 3.71. The van der Waals surface area contributed by atoms with Crippen molar-refractivity contribution in [3.63, 3.8) is 0 Å². The minimum absolute atomic E-state index is 0.443. The van der Waals surface area contributed by atoms with Crippen LogP contribution in [0.15, 0.2) is 12.2 Å². The van der Waals surface area contributed by atoms with E-state index < -0.39 is 0 Å². The molecule has 0 heterocycles. The number of hydrogen-bond donors (Lipinski definition) is 1. The fourth-order valence-corrected chi connectivity index (χ4v) is 1.18. The van der Waals surface area contributed by atoms with E-state index in [9.17, 15) is 0 Å². The lowest BCUT2D eigenvalue weighted by molar-refractivity contribution is 0.120. The molecule has 0 saturated carbocycles. The molecule has 3 nitrogen and oxygen atoms in total. The highest BCUT2D eigenvalue weighted by atomic mass is 16.5. The van der Waals surface area contributed by atoms with Crippen molar-refractivity contribution in [2.24, 2.45) is 0 Å². The van der Waals surface area contributed by atoms with Gasteiger partial charge in [0, 0.05) is 26.2 Å². The quantitative estimate of drug-likeness (QED) is 0.593. The average molecular weight is 186 g/mol. The zero-order valence-electron chi connectivity index (χ0n) is 9.26. The SMILES string of the molecule is C=C(CNC)CN(C)C(C)COC. The first kappa shape index (κ1) is 12.6. The zero-order valence-corrected chi connectivity index (χ0v) is 9.26. The van der Waals surface area contributed by atoms with Crippen LogP contribution in [0, 0.1) is 0 Å². The minimum atomic E-state index is 0.443. The molecule has 0 aromatic carbocycles. The van der Waals surface area contributed by atoms with Crippen LogP contribution in [0.5, 0.6) is 0 Å². The standard InChI is InChI=1S/C10H22N2O/c1-9(6-11-3)7-12(4)10(2)8-13-5/h10-11H,1,6-8H2,2-5H3. The van der Waals surface area contributed by atoms with Gasteiger partial charge in [0.15, 0.2) is 0 Å². The van der Waals surface area contributed by atoms with Crippen molar-refractivity contribution in [3.8, 4) is 0 Å². The van der Waals surface area contributed by atoms with Crippen molar-refractivity contribution >= 4 is 0 Å². The smallest absolute Gasteiger partial charge is 0.0615 e. The van der Waals surface area contributed by atoms with Crippen LogP contribution in [-0.2, 0) is 4.74 Å². The summed E-state index contributed by atoms with van der Waals surface area (Å²) in [5.41, 5.74) is 1.20. The highest BCUT2D eigenvalue weighted by Gasteiger charge is 2.08. The Bertz CT molecular complexity index is 148. The molecule has 0 fully saturated rings. The van der Waals surface area contributed by atoms with Crippen LogP contribution < -0.4 is 5.32 Å². The average Bonchev–Trinajstić information content (AvgIpc) is 2.05. The summed E-state index contributed by atoms with van der Waals surface area (Å²) in [5.74, 6) is 0. The molecule has 0 saturated heterocycles. The van der Waals surface area contributed by atoms with Gasteiger partial charge in [-0.05, 0) is 26.6 Å². The number of nitrogens with one attached hydrogen (secondary N) is 1. The van der Waals surface area contributed by atoms with Crippen LogP contribution in [0.4, 0.5) is 0 Å². The van der Waals surface area contributed by atoms with Gasteiger partial charge in [-0.2, -0.15) is 0 Å². The van der Waals surface area contributed by atoms with Gasteiger partial charge in [-0.25, -0.2) is 0 Å². The molecule has 1 atom stereocenters. The summed E-state index contributed by atoms with van der Waals surface area (Å²) in [7, 11) is 5.75. The predicted octanol–water partition coefficient (Wildman–Crippen LogP) is 0.729. The molecule has 0 spiro atoms. The van der Waals surface area contributed by atoms with Gasteiger partial charge in [-0.1, -0.05) is 6.58 Å². The van der Waals surface area contributed by atoms with Crippen molar-refractivity contribution in [3.05, 3.63) is 12.2 Å². The van der Waals surface area contributed by atoms with Gasteiger partial charge in [-0.3, -0.25) is 4.90 Å². The normalized spacial score (nSPS) is 13.3. The molecule has 0 aromatic heterocycles. The summed E-state index contributed by atoms with van der Waals surface area (Å²) in [6.07, 6.45) is 0. The van der Waals surface area contributed by atoms with E-state index in [0.717, 1.165) is 19.7 Å². The fourth-order valence-electron chi connectivity index (χ4n) is 1.18. The molecular formula is C10H22N2O. The monoisotopic (exact) mass is 186 g/mol. The summed E-state index contributed by atoms with van der Waals surface area (Å²) in [6.45, 7) is 8.70. The van der Waals surface area contributed by atoms with E-state index in [4.69, 9.17) is 4.74 Å². The van der Waals surface area contributed by atoms with Gasteiger partial charge in [0.25, 0.3) is 0 Å². The highest BCUT2D eigenvalue weighted by Crippen LogP contribution is 1.99. The van der Waals surface area contributed by atoms with E-state index >= 15 is 0 Å².